The summed E-state index contributed by atoms with van der Waals surface area (Å²) in [6.45, 7) is 0. The van der Waals surface area contributed by atoms with E-state index in [9.17, 15) is 4.39 Å². The van der Waals surface area contributed by atoms with Gasteiger partial charge in [0.05, 0.1) is 16.6 Å². The highest BCUT2D eigenvalue weighted by Gasteiger charge is 2.40. The van der Waals surface area contributed by atoms with Gasteiger partial charge in [0.25, 0.3) is 0 Å². The van der Waals surface area contributed by atoms with Gasteiger partial charge in [-0.3, -0.25) is 0 Å². The first-order valence-corrected chi connectivity index (χ1v) is 12.3. The maximum Gasteiger partial charge on any atom is 0.143 e. The minimum absolute atomic E-state index is 0.106. The minimum atomic E-state index is -0.617. The molecule has 0 aliphatic rings. The fourth-order valence-electron chi connectivity index (χ4n) is 5.39. The van der Waals surface area contributed by atoms with Crippen LogP contribution < -0.4 is 0 Å². The third-order valence-electron chi connectivity index (χ3n) is 6.93. The van der Waals surface area contributed by atoms with E-state index in [1.807, 2.05) is 34.9 Å². The van der Waals surface area contributed by atoms with E-state index < -0.39 is 11.2 Å². The SMILES string of the molecule is Fc1cccc(-n2cc(C(c3ccccc3)(c3ccccc3)c3ccccc3)c3ccccc32)c1Cl. The predicted molar refractivity (Wildman–Crippen MR) is 147 cm³/mol. The highest BCUT2D eigenvalue weighted by atomic mass is 35.5. The number of halogens is 2. The summed E-state index contributed by atoms with van der Waals surface area (Å²) in [4.78, 5) is 0. The van der Waals surface area contributed by atoms with E-state index in [-0.39, 0.29) is 5.02 Å². The third kappa shape index (κ3) is 3.45. The molecule has 0 saturated carbocycles. The Hall–Kier alpha value is -4.14. The number of para-hydroxylation sites is 1. The van der Waals surface area contributed by atoms with Gasteiger partial charge in [-0.25, -0.2) is 4.39 Å². The average molecular weight is 488 g/mol. The second-order valence-electron chi connectivity index (χ2n) is 8.85. The number of aromatic nitrogens is 1. The largest absolute Gasteiger partial charge is 0.315 e. The molecule has 6 aromatic rings. The number of nitrogens with zero attached hydrogens (tertiary/aromatic N) is 1. The number of hydrogen-bond donors (Lipinski definition) is 0. The van der Waals surface area contributed by atoms with Gasteiger partial charge in [-0.15, -0.1) is 0 Å². The van der Waals surface area contributed by atoms with Gasteiger partial charge in [0.1, 0.15) is 10.8 Å². The summed E-state index contributed by atoms with van der Waals surface area (Å²) in [6, 6.07) is 44.9. The lowest BCUT2D eigenvalue weighted by molar-refractivity contribution is 0.627. The van der Waals surface area contributed by atoms with Gasteiger partial charge in [0.15, 0.2) is 0 Å². The Kier molecular flexibility index (Phi) is 5.67. The van der Waals surface area contributed by atoms with Crippen molar-refractivity contribution in [2.24, 2.45) is 0 Å². The Labute approximate surface area is 215 Å². The molecule has 0 bridgehead atoms. The highest BCUT2D eigenvalue weighted by Crippen LogP contribution is 2.48. The molecule has 3 heteroatoms. The fraction of sp³-hybridized carbons (Fsp3) is 0.0303. The van der Waals surface area contributed by atoms with Gasteiger partial charge in [-0.1, -0.05) is 127 Å². The van der Waals surface area contributed by atoms with E-state index in [0.717, 1.165) is 33.2 Å². The lowest BCUT2D eigenvalue weighted by atomic mass is 9.65. The van der Waals surface area contributed by atoms with Crippen molar-refractivity contribution >= 4 is 22.5 Å². The summed E-state index contributed by atoms with van der Waals surface area (Å²) in [6.07, 6.45) is 2.12. The molecule has 5 aromatic carbocycles. The molecule has 6 rings (SSSR count). The number of fused-ring (bicyclic) bond motifs is 1. The van der Waals surface area contributed by atoms with Gasteiger partial charge in [0.2, 0.25) is 0 Å². The molecule has 0 fully saturated rings. The maximum absolute atomic E-state index is 14.6. The first kappa shape index (κ1) is 22.3. The molecule has 0 amide bonds. The van der Waals surface area contributed by atoms with E-state index in [0.29, 0.717) is 5.69 Å². The summed E-state index contributed by atoms with van der Waals surface area (Å²) >= 11 is 6.51. The predicted octanol–water partition coefficient (Wildman–Crippen LogP) is 8.81. The highest BCUT2D eigenvalue weighted by molar-refractivity contribution is 6.32. The standard InChI is InChI=1S/C33H23ClFN/c34-32-29(35)20-12-22-31(32)36-23-28(27-19-10-11-21-30(27)36)33(24-13-4-1-5-14-24,25-15-6-2-7-16-25)26-17-8-3-9-18-26/h1-23H. The van der Waals surface area contributed by atoms with E-state index in [1.165, 1.54) is 6.07 Å². The maximum atomic E-state index is 14.6. The van der Waals surface area contributed by atoms with Crippen molar-refractivity contribution in [3.63, 3.8) is 0 Å². The van der Waals surface area contributed by atoms with Gasteiger partial charge in [-0.05, 0) is 40.5 Å². The number of benzene rings is 5. The van der Waals surface area contributed by atoms with E-state index in [2.05, 4.69) is 97.2 Å². The third-order valence-corrected chi connectivity index (χ3v) is 7.30. The van der Waals surface area contributed by atoms with Crippen LogP contribution in [0.15, 0.2) is 140 Å². The van der Waals surface area contributed by atoms with Crippen LogP contribution in [0, 0.1) is 5.82 Å². The zero-order chi connectivity index (χ0) is 24.5. The van der Waals surface area contributed by atoms with Gasteiger partial charge in [0, 0.05) is 11.6 Å². The van der Waals surface area contributed by atoms with Crippen LogP contribution in [-0.4, -0.2) is 4.57 Å². The first-order valence-electron chi connectivity index (χ1n) is 11.9. The van der Waals surface area contributed by atoms with Crippen LogP contribution >= 0.6 is 11.6 Å². The van der Waals surface area contributed by atoms with Crippen LogP contribution in [0.3, 0.4) is 0 Å². The molecular weight excluding hydrogens is 465 g/mol. The summed E-state index contributed by atoms with van der Waals surface area (Å²) in [5, 5.41) is 1.18. The van der Waals surface area contributed by atoms with Gasteiger partial charge in [-0.2, -0.15) is 0 Å². The Balaban J connectivity index is 1.79. The molecule has 0 saturated heterocycles. The normalized spacial score (nSPS) is 11.6. The van der Waals surface area contributed by atoms with Crippen molar-refractivity contribution in [2.75, 3.05) is 0 Å². The quantitative estimate of drug-likeness (QED) is 0.214. The lowest BCUT2D eigenvalue weighted by Gasteiger charge is -2.36. The topological polar surface area (TPSA) is 4.93 Å². The fourth-order valence-corrected chi connectivity index (χ4v) is 5.60. The van der Waals surface area contributed by atoms with E-state index in [4.69, 9.17) is 11.6 Å². The zero-order valence-electron chi connectivity index (χ0n) is 19.5. The number of rotatable bonds is 5. The second kappa shape index (κ2) is 9.14. The Morgan fingerprint density at radius 2 is 1.06 bits per heavy atom. The summed E-state index contributed by atoms with van der Waals surface area (Å²) in [5.74, 6) is -0.436. The Morgan fingerprint density at radius 3 is 1.61 bits per heavy atom. The van der Waals surface area contributed by atoms with Crippen LogP contribution in [0.2, 0.25) is 5.02 Å². The molecule has 1 aromatic heterocycles. The molecule has 36 heavy (non-hydrogen) atoms. The average Bonchev–Trinajstić information content (AvgIpc) is 3.32. The molecule has 1 heterocycles. The second-order valence-corrected chi connectivity index (χ2v) is 9.23. The summed E-state index contributed by atoms with van der Waals surface area (Å²) in [5.41, 5.74) is 5.51. The minimum Gasteiger partial charge on any atom is -0.315 e. The van der Waals surface area contributed by atoms with Gasteiger partial charge >= 0.3 is 0 Å². The van der Waals surface area contributed by atoms with Crippen LogP contribution in [-0.2, 0) is 5.41 Å². The molecule has 0 atom stereocenters. The van der Waals surface area contributed by atoms with Crippen LogP contribution in [0.5, 0.6) is 0 Å². The smallest absolute Gasteiger partial charge is 0.143 e. The first-order chi connectivity index (χ1) is 17.7. The summed E-state index contributed by atoms with van der Waals surface area (Å²) < 4.78 is 16.6. The Morgan fingerprint density at radius 1 is 0.556 bits per heavy atom. The molecule has 0 spiro atoms. The zero-order valence-corrected chi connectivity index (χ0v) is 20.2. The van der Waals surface area contributed by atoms with Crippen LogP contribution in [0.4, 0.5) is 4.39 Å². The molecule has 0 N–H and O–H groups in total. The van der Waals surface area contributed by atoms with Crippen LogP contribution in [0.1, 0.15) is 22.3 Å². The van der Waals surface area contributed by atoms with Crippen molar-refractivity contribution in [3.8, 4) is 5.69 Å². The molecule has 174 valence electrons. The molecule has 0 aliphatic carbocycles. The Bertz CT molecular complexity index is 1540. The number of hydrogen-bond acceptors (Lipinski definition) is 0. The lowest BCUT2D eigenvalue weighted by Crippen LogP contribution is -2.30. The van der Waals surface area contributed by atoms with Crippen molar-refractivity contribution in [1.29, 1.82) is 0 Å². The van der Waals surface area contributed by atoms with Crippen molar-refractivity contribution in [2.45, 2.75) is 5.41 Å². The molecule has 0 aliphatic heterocycles. The van der Waals surface area contributed by atoms with E-state index >= 15 is 0 Å². The molecule has 0 radical (unpaired) electrons. The molecule has 1 nitrogen and oxygen atoms in total. The molecular formula is C33H23ClFN. The van der Waals surface area contributed by atoms with Gasteiger partial charge < -0.3 is 4.57 Å². The van der Waals surface area contributed by atoms with Crippen molar-refractivity contribution < 1.29 is 4.39 Å². The monoisotopic (exact) mass is 487 g/mol. The summed E-state index contributed by atoms with van der Waals surface area (Å²) in [7, 11) is 0. The van der Waals surface area contributed by atoms with E-state index in [1.54, 1.807) is 6.07 Å². The molecule has 0 unspecified atom stereocenters. The van der Waals surface area contributed by atoms with Crippen LogP contribution in [0.25, 0.3) is 16.6 Å². The van der Waals surface area contributed by atoms with Crippen molar-refractivity contribution in [3.05, 3.63) is 173 Å². The van der Waals surface area contributed by atoms with Crippen molar-refractivity contribution in [1.82, 2.24) is 4.57 Å².